The van der Waals surface area contributed by atoms with Gasteiger partial charge in [-0.1, -0.05) is 93.4 Å². The van der Waals surface area contributed by atoms with Crippen molar-refractivity contribution in [3.8, 4) is 5.75 Å². The second-order valence-corrected chi connectivity index (χ2v) is 24.9. The van der Waals surface area contributed by atoms with Crippen LogP contribution in [0.5, 0.6) is 5.75 Å². The van der Waals surface area contributed by atoms with Crippen molar-refractivity contribution in [3.05, 3.63) is 112 Å². The number of fused-ring (bicyclic) bond motifs is 5. The van der Waals surface area contributed by atoms with E-state index in [1.165, 1.54) is 33.1 Å². The number of amides is 7. The van der Waals surface area contributed by atoms with Gasteiger partial charge in [0.05, 0.1) is 58.7 Å². The summed E-state index contributed by atoms with van der Waals surface area (Å²) in [6, 6.07) is 18.0. The van der Waals surface area contributed by atoms with Crippen molar-refractivity contribution in [3.63, 3.8) is 0 Å². The third-order valence-electron chi connectivity index (χ3n) is 16.8. The molecule has 3 heterocycles. The molecule has 0 saturated carbocycles. The predicted octanol–water partition coefficient (Wildman–Crippen LogP) is 6.54. The molecule has 26 nitrogen and oxygen atoms in total. The topological polar surface area (TPSA) is 308 Å². The van der Waals surface area contributed by atoms with Crippen LogP contribution in [0, 0.1) is 17.8 Å². The van der Waals surface area contributed by atoms with Gasteiger partial charge in [-0.15, -0.1) is 0 Å². The molecule has 2 aliphatic rings. The maximum absolute atomic E-state index is 14.3. The van der Waals surface area contributed by atoms with Crippen LogP contribution in [-0.2, 0) is 83.3 Å². The van der Waals surface area contributed by atoms with Gasteiger partial charge in [0, 0.05) is 77.5 Å². The highest BCUT2D eigenvalue weighted by atomic mass is 35.5. The van der Waals surface area contributed by atoms with Gasteiger partial charge < -0.3 is 69.0 Å². The zero-order valence-electron chi connectivity index (χ0n) is 56.5. The van der Waals surface area contributed by atoms with E-state index in [2.05, 4.69) is 48.7 Å². The summed E-state index contributed by atoms with van der Waals surface area (Å²) in [5, 5.41) is 28.5. The molecular weight excluding hydrogens is 1250 g/mol. The third kappa shape index (κ3) is 22.5. The van der Waals surface area contributed by atoms with Gasteiger partial charge in [-0.2, -0.15) is 0 Å². The van der Waals surface area contributed by atoms with E-state index in [0.29, 0.717) is 55.2 Å². The number of methoxy groups -OCH3 is 2. The van der Waals surface area contributed by atoms with Gasteiger partial charge in [-0.3, -0.25) is 39.6 Å². The molecule has 8 atom stereocenters. The van der Waals surface area contributed by atoms with Crippen molar-refractivity contribution in [1.29, 1.82) is 0 Å². The molecule has 1 aromatic heterocycles. The first kappa shape index (κ1) is 75.9. The van der Waals surface area contributed by atoms with Crippen molar-refractivity contribution in [2.75, 3.05) is 92.1 Å². The normalized spacial score (nSPS) is 20.9. The molecule has 0 spiro atoms. The molecule has 1 saturated heterocycles. The summed E-state index contributed by atoms with van der Waals surface area (Å²) in [6.07, 6.45) is 1.25. The number of anilines is 2. The lowest BCUT2D eigenvalue weighted by Crippen LogP contribution is -2.63. The number of hydrazine groups is 1. The Morgan fingerprint density at radius 2 is 1.61 bits per heavy atom. The summed E-state index contributed by atoms with van der Waals surface area (Å²) < 4.78 is 42.0. The molecule has 0 radical (unpaired) electrons. The number of likely N-dealkylation sites (N-methyl/N-ethyl adjacent to an activating group) is 1. The maximum Gasteiger partial charge on any atom is 0.410 e. The van der Waals surface area contributed by atoms with Crippen LogP contribution in [-0.4, -0.2) is 185 Å². The van der Waals surface area contributed by atoms with E-state index in [9.17, 15) is 43.5 Å². The Morgan fingerprint density at radius 3 is 2.31 bits per heavy atom. The Labute approximate surface area is 561 Å². The molecule has 7 amide bonds. The summed E-state index contributed by atoms with van der Waals surface area (Å²) in [5.41, 5.74) is 6.38. The highest BCUT2D eigenvalue weighted by Gasteiger charge is 2.47. The van der Waals surface area contributed by atoms with Crippen LogP contribution < -0.4 is 41.6 Å². The smallest absolute Gasteiger partial charge is 0.410 e. The zero-order valence-corrected chi connectivity index (χ0v) is 57.3. The van der Waals surface area contributed by atoms with Gasteiger partial charge in [0.25, 0.3) is 0 Å². The number of carbonyl (C=O) groups excluding carboxylic acids is 8. The van der Waals surface area contributed by atoms with Gasteiger partial charge in [-0.25, -0.2) is 19.4 Å². The molecule has 1 fully saturated rings. The molecule has 1 unspecified atom stereocenters. The fraction of sp³-hybridized carbons (Fsp3) is 0.529. The quantitative estimate of drug-likeness (QED) is 0.0137. The number of nitrogens with one attached hydrogen (secondary N) is 6. The summed E-state index contributed by atoms with van der Waals surface area (Å²) in [6.45, 7) is 12.3. The molecule has 3 aromatic carbocycles. The molecule has 7 N–H and O–H groups in total. The van der Waals surface area contributed by atoms with Crippen LogP contribution >= 0.6 is 11.6 Å². The lowest BCUT2D eigenvalue weighted by atomic mass is 9.83. The minimum atomic E-state index is -1.85. The number of benzene rings is 3. The molecule has 27 heteroatoms. The summed E-state index contributed by atoms with van der Waals surface area (Å²) >= 11 is 6.82. The minimum Gasteiger partial charge on any atom is -0.495 e. The molecule has 95 heavy (non-hydrogen) atoms. The second-order valence-electron chi connectivity index (χ2n) is 24.5. The number of carbonyl (C=O) groups is 8. The van der Waals surface area contributed by atoms with Crippen molar-refractivity contribution in [2.45, 2.75) is 136 Å². The number of nitrogens with zero attached hydrogens (tertiary/aromatic N) is 4. The number of para-hydroxylation sites is 1. The fourth-order valence-corrected chi connectivity index (χ4v) is 11.3. The SMILES string of the molecule is CNN(C)Cc1cc2ccccc2n1CCC(=O)NCCOCCOCCC(=O)NC(C(=O)NCC(=O)Nc1ccc(COC(=O)N(C)[C@@H](C)C(=O)O[C@H]2CC(=O)N(C)c3cc(cc(OC)c3Cl)C/C(C)=C/C=C/[C@@H](OC)[C@@]3(O)C[C@H](OC(=O)N3)[C@@H](C)C[C@@H]2C)cc1)C(C)C. The number of halogens is 1. The van der Waals surface area contributed by atoms with Crippen LogP contribution in [0.15, 0.2) is 90.5 Å². The first-order chi connectivity index (χ1) is 45.2. The third-order valence-corrected chi connectivity index (χ3v) is 17.2. The van der Waals surface area contributed by atoms with Crippen LogP contribution in [0.2, 0.25) is 5.02 Å². The molecule has 520 valence electrons. The van der Waals surface area contributed by atoms with Crippen LogP contribution in [0.25, 0.3) is 10.9 Å². The number of alkyl carbamates (subject to hydrolysis) is 1. The number of hydrogen-bond donors (Lipinski definition) is 7. The lowest BCUT2D eigenvalue weighted by molar-refractivity contribution is -0.159. The fourth-order valence-electron chi connectivity index (χ4n) is 11.0. The van der Waals surface area contributed by atoms with E-state index >= 15 is 0 Å². The predicted molar refractivity (Wildman–Crippen MR) is 358 cm³/mol. The van der Waals surface area contributed by atoms with Crippen molar-refractivity contribution >= 4 is 81.6 Å². The first-order valence-electron chi connectivity index (χ1n) is 31.9. The number of hydrogen-bond acceptors (Lipinski definition) is 18. The zero-order chi connectivity index (χ0) is 69.5. The molecule has 4 bridgehead atoms. The van der Waals surface area contributed by atoms with Crippen molar-refractivity contribution in [2.24, 2.45) is 17.8 Å². The van der Waals surface area contributed by atoms with E-state index in [-0.39, 0.29) is 75.6 Å². The van der Waals surface area contributed by atoms with Crippen LogP contribution in [0.1, 0.15) is 90.5 Å². The molecule has 0 aliphatic carbocycles. The Kier molecular flexibility index (Phi) is 29.3. The van der Waals surface area contributed by atoms with Gasteiger partial charge in [-0.05, 0) is 104 Å². The van der Waals surface area contributed by atoms with Crippen LogP contribution in [0.4, 0.5) is 21.0 Å². The lowest BCUT2D eigenvalue weighted by Gasteiger charge is -2.42. The largest absolute Gasteiger partial charge is 0.495 e. The van der Waals surface area contributed by atoms with Gasteiger partial charge in [0.1, 0.15) is 47.8 Å². The Balaban J connectivity index is 0.923. The Bertz CT molecular complexity index is 3340. The highest BCUT2D eigenvalue weighted by Crippen LogP contribution is 2.38. The summed E-state index contributed by atoms with van der Waals surface area (Å²) in [5.74, 6) is -3.84. The number of aliphatic hydroxyl groups is 1. The second kappa shape index (κ2) is 36.7. The number of esters is 1. The summed E-state index contributed by atoms with van der Waals surface area (Å²) in [4.78, 5) is 109. The summed E-state index contributed by atoms with van der Waals surface area (Å²) in [7, 11) is 9.63. The number of ether oxygens (including phenoxy) is 7. The van der Waals surface area contributed by atoms with Crippen molar-refractivity contribution < 1.29 is 76.6 Å². The standard InChI is InChI=1S/C68H95ClN10O16/c1-42(2)63(74-59(81)25-28-91-30-31-92-29-26-71-58(80)24-27-79-51(40-76(8)70-7)36-49-17-13-14-18-52(49)79)64(84)72-39-60(82)73-50-22-20-47(21-23-50)41-93-67(87)77(9)46(6)65(85)94-54-37-61(83)78(10)53-34-48(35-55(89-11)62(53)69)32-43(3)16-15-19-57(90-12)68(88)38-56(95-66(86)75-68)45(5)33-44(54)4/h13-23,34-36,42,44-46,54,56-57,63,70,88H,24-33,37-41H2,1-12H3,(H,71,80)(H,72,84)(H,73,82)(H,74,81)(H,75,86)/b19-15+,43-16+/t44-,45-,46-,54-,56-,57+,63?,68-/m0/s1. The van der Waals surface area contributed by atoms with Gasteiger partial charge in [0.2, 0.25) is 29.5 Å². The monoisotopic (exact) mass is 1340 g/mol. The number of rotatable bonds is 28. The molecule has 6 rings (SSSR count). The van der Waals surface area contributed by atoms with E-state index < -0.39 is 96.3 Å². The van der Waals surface area contributed by atoms with Gasteiger partial charge >= 0.3 is 18.2 Å². The average Bonchev–Trinajstić information content (AvgIpc) is 1.79. The molecule has 2 aliphatic heterocycles. The van der Waals surface area contributed by atoms with Crippen molar-refractivity contribution in [1.82, 2.24) is 41.2 Å². The number of aromatic nitrogens is 1. The van der Waals surface area contributed by atoms with Gasteiger partial charge in [0.15, 0.2) is 5.72 Å². The minimum absolute atomic E-state index is 0.0190. The Morgan fingerprint density at radius 1 is 0.895 bits per heavy atom. The molecular formula is C68H95ClN10O16. The van der Waals surface area contributed by atoms with E-state index in [1.54, 1.807) is 76.4 Å². The first-order valence-corrected chi connectivity index (χ1v) is 32.3. The average molecular weight is 1340 g/mol. The van der Waals surface area contributed by atoms with Crippen LogP contribution in [0.3, 0.4) is 0 Å². The van der Waals surface area contributed by atoms with E-state index in [1.807, 2.05) is 57.2 Å². The van der Waals surface area contributed by atoms with E-state index in [4.69, 9.17) is 44.8 Å². The highest BCUT2D eigenvalue weighted by molar-refractivity contribution is 6.35. The molecule has 4 aromatic rings. The van der Waals surface area contributed by atoms with E-state index in [0.717, 1.165) is 32.6 Å². The Hall–Kier alpha value is -8.11. The number of allylic oxidation sites excluding steroid dienone is 3. The number of aryl methyl sites for hydroxylation is 1. The maximum atomic E-state index is 14.3.